The van der Waals surface area contributed by atoms with Crippen LogP contribution in [0.25, 0.3) is 22.2 Å². The summed E-state index contributed by atoms with van der Waals surface area (Å²) in [6.45, 7) is 4.41. The fourth-order valence-electron chi connectivity index (χ4n) is 7.13. The average Bonchev–Trinajstić information content (AvgIpc) is 3.17. The number of halogens is 2. The fourth-order valence-corrected chi connectivity index (χ4v) is 7.67. The Morgan fingerprint density at radius 3 is 2.50 bits per heavy atom. The van der Waals surface area contributed by atoms with Crippen LogP contribution in [0.3, 0.4) is 0 Å². The minimum absolute atomic E-state index is 0.0724. The Morgan fingerprint density at radius 2 is 1.80 bits per heavy atom. The number of nitrogens with zero attached hydrogens (tertiary/aromatic N) is 5. The number of hydrogen-bond acceptors (Lipinski definition) is 12. The molecule has 14 nitrogen and oxygen atoms in total. The smallest absolute Gasteiger partial charge is 0.277 e. The maximum absolute atomic E-state index is 15.5. The van der Waals surface area contributed by atoms with Crippen molar-refractivity contribution in [3.05, 3.63) is 70.9 Å². The molecule has 0 radical (unpaired) electrons. The van der Waals surface area contributed by atoms with Crippen molar-refractivity contribution in [1.82, 2.24) is 25.3 Å². The van der Waals surface area contributed by atoms with Gasteiger partial charge < -0.3 is 19.1 Å². The van der Waals surface area contributed by atoms with Crippen LogP contribution >= 0.6 is 0 Å². The lowest BCUT2D eigenvalue weighted by Crippen LogP contribution is -2.37. The van der Waals surface area contributed by atoms with Crippen LogP contribution in [0.15, 0.2) is 42.6 Å². The van der Waals surface area contributed by atoms with Gasteiger partial charge in [0, 0.05) is 49.8 Å². The number of hydrogen-bond donors (Lipinski definition) is 2. The molecule has 4 aromatic rings. The first kappa shape index (κ1) is 37.8. The quantitative estimate of drug-likeness (QED) is 0.202. The van der Waals surface area contributed by atoms with Gasteiger partial charge in [0.1, 0.15) is 17.3 Å². The van der Waals surface area contributed by atoms with Gasteiger partial charge in [0.2, 0.25) is 21.9 Å². The molecule has 3 aliphatic rings. The van der Waals surface area contributed by atoms with E-state index in [-0.39, 0.29) is 23.0 Å². The molecular weight excluding hydrogens is 725 g/mol. The summed E-state index contributed by atoms with van der Waals surface area (Å²) < 4.78 is 73.7. The zero-order valence-electron chi connectivity index (χ0n) is 30.1. The molecule has 288 valence electrons. The van der Waals surface area contributed by atoms with Gasteiger partial charge in [-0.05, 0) is 86.1 Å². The number of ether oxygens (including phenoxy) is 3. The van der Waals surface area contributed by atoms with Crippen LogP contribution in [0.2, 0.25) is 0 Å². The highest BCUT2D eigenvalue weighted by molar-refractivity contribution is 7.92. The fraction of sp³-hybridized carbons (Fsp3) is 0.459. The second-order valence-electron chi connectivity index (χ2n) is 13.7. The molecule has 3 aliphatic heterocycles. The SMILES string of the molecule is COc1ncc(-c2nc(N3CCOCC3)nc3c(CN4CCC(c5ccc(C(=O)NOC6CCCCO6)c(F)c5)CC4)cc(F)cc23)cc1NS(C)(=O)=O. The number of hydroxylamine groups is 1. The van der Waals surface area contributed by atoms with Crippen molar-refractivity contribution < 1.29 is 41.0 Å². The highest BCUT2D eigenvalue weighted by atomic mass is 32.2. The number of carbonyl (C=O) groups is 1. The molecule has 2 aromatic carbocycles. The second kappa shape index (κ2) is 16.4. The molecule has 0 saturated carbocycles. The van der Waals surface area contributed by atoms with Gasteiger partial charge in [-0.25, -0.2) is 42.5 Å². The average molecular weight is 768 g/mol. The number of rotatable bonds is 11. The first-order chi connectivity index (χ1) is 26.0. The maximum atomic E-state index is 15.5. The number of carbonyl (C=O) groups excluding carboxylic acids is 1. The lowest BCUT2D eigenvalue weighted by molar-refractivity contribution is -0.186. The molecule has 0 spiro atoms. The van der Waals surface area contributed by atoms with E-state index < -0.39 is 33.9 Å². The molecule has 2 aromatic heterocycles. The number of piperidine rings is 1. The molecule has 1 amide bonds. The van der Waals surface area contributed by atoms with Crippen LogP contribution in [-0.4, -0.2) is 99.8 Å². The van der Waals surface area contributed by atoms with Crippen LogP contribution in [-0.2, 0) is 30.9 Å². The Kier molecular flexibility index (Phi) is 11.5. The molecule has 17 heteroatoms. The summed E-state index contributed by atoms with van der Waals surface area (Å²) in [6, 6.07) is 9.12. The van der Waals surface area contributed by atoms with Crippen molar-refractivity contribution in [2.24, 2.45) is 0 Å². The molecule has 5 heterocycles. The van der Waals surface area contributed by atoms with E-state index in [2.05, 4.69) is 20.1 Å². The van der Waals surface area contributed by atoms with E-state index in [0.717, 1.165) is 37.5 Å². The van der Waals surface area contributed by atoms with Crippen molar-refractivity contribution in [1.29, 1.82) is 0 Å². The molecule has 54 heavy (non-hydrogen) atoms. The van der Waals surface area contributed by atoms with Gasteiger partial charge in [-0.15, -0.1) is 0 Å². The van der Waals surface area contributed by atoms with Crippen LogP contribution < -0.4 is 19.8 Å². The predicted molar refractivity (Wildman–Crippen MR) is 197 cm³/mol. The van der Waals surface area contributed by atoms with E-state index in [1.165, 1.54) is 37.6 Å². The van der Waals surface area contributed by atoms with Crippen LogP contribution in [0.4, 0.5) is 20.4 Å². The summed E-state index contributed by atoms with van der Waals surface area (Å²) in [7, 11) is -2.29. The monoisotopic (exact) mass is 767 g/mol. The zero-order valence-corrected chi connectivity index (χ0v) is 31.0. The zero-order chi connectivity index (χ0) is 37.8. The van der Waals surface area contributed by atoms with E-state index in [0.29, 0.717) is 92.6 Å². The van der Waals surface area contributed by atoms with Gasteiger partial charge >= 0.3 is 0 Å². The molecule has 7 rings (SSSR count). The lowest BCUT2D eigenvalue weighted by atomic mass is 9.88. The van der Waals surface area contributed by atoms with Crippen molar-refractivity contribution >= 4 is 38.5 Å². The number of fused-ring (bicyclic) bond motifs is 1. The van der Waals surface area contributed by atoms with Gasteiger partial charge in [-0.3, -0.25) is 14.4 Å². The third kappa shape index (κ3) is 8.87. The summed E-state index contributed by atoms with van der Waals surface area (Å²) >= 11 is 0. The minimum atomic E-state index is -3.68. The Labute approximate surface area is 312 Å². The largest absolute Gasteiger partial charge is 0.480 e. The van der Waals surface area contributed by atoms with Crippen molar-refractivity contribution in [2.75, 3.05) is 69.0 Å². The predicted octanol–water partition coefficient (Wildman–Crippen LogP) is 4.75. The topological polar surface area (TPSA) is 157 Å². The molecule has 3 saturated heterocycles. The number of aromatic nitrogens is 3. The molecule has 0 bridgehead atoms. The van der Waals surface area contributed by atoms with Gasteiger partial charge in [-0.1, -0.05) is 6.07 Å². The molecule has 0 aliphatic carbocycles. The normalized spacial score (nSPS) is 18.8. The number of amides is 1. The third-order valence-corrected chi connectivity index (χ3v) is 10.4. The number of anilines is 2. The standard InChI is InChI=1S/C37H43F2N7O7S/c1-50-36-31(44-54(2,48)49)19-25(21-40-36)33-29-20-27(38)17-26(34(29)42-37(41-33)46-12-15-51-16-13-46)22-45-10-8-23(9-11-45)24-6-7-28(30(39)18-24)35(47)43-53-32-5-3-4-14-52-32/h6-7,17-21,23,32,44H,3-5,8-16,22H2,1-2H3,(H,43,47). The number of pyridine rings is 1. The summed E-state index contributed by atoms with van der Waals surface area (Å²) in [5, 5.41) is 0.449. The summed E-state index contributed by atoms with van der Waals surface area (Å²) in [5.74, 6) is -1.17. The number of morpholine rings is 1. The second-order valence-corrected chi connectivity index (χ2v) is 15.5. The van der Waals surface area contributed by atoms with Crippen molar-refractivity contribution in [2.45, 2.75) is 50.9 Å². The van der Waals surface area contributed by atoms with E-state index >= 15 is 8.78 Å². The van der Waals surface area contributed by atoms with Crippen LogP contribution in [0.5, 0.6) is 5.88 Å². The summed E-state index contributed by atoms with van der Waals surface area (Å²) in [5.41, 5.74) is 5.21. The van der Waals surface area contributed by atoms with Crippen LogP contribution in [0, 0.1) is 11.6 Å². The van der Waals surface area contributed by atoms with Gasteiger partial charge in [0.05, 0.1) is 43.4 Å². The summed E-state index contributed by atoms with van der Waals surface area (Å²) in [6.07, 6.45) is 6.00. The maximum Gasteiger partial charge on any atom is 0.277 e. The molecule has 1 unspecified atom stereocenters. The lowest BCUT2D eigenvalue weighted by Gasteiger charge is -2.32. The van der Waals surface area contributed by atoms with Gasteiger partial charge in [0.15, 0.2) is 6.29 Å². The number of nitrogens with one attached hydrogen (secondary N) is 2. The van der Waals surface area contributed by atoms with Crippen LogP contribution in [0.1, 0.15) is 59.5 Å². The number of likely N-dealkylation sites (tertiary alicyclic amines) is 1. The number of sulfonamides is 1. The number of methoxy groups -OCH3 is 1. The first-order valence-corrected chi connectivity index (χ1v) is 19.9. The molecule has 1 atom stereocenters. The van der Waals surface area contributed by atoms with E-state index in [1.54, 1.807) is 12.1 Å². The molecule has 2 N–H and O–H groups in total. The van der Waals surface area contributed by atoms with E-state index in [9.17, 15) is 13.2 Å². The van der Waals surface area contributed by atoms with Crippen molar-refractivity contribution in [3.63, 3.8) is 0 Å². The van der Waals surface area contributed by atoms with Crippen molar-refractivity contribution in [3.8, 4) is 17.1 Å². The number of benzene rings is 2. The first-order valence-electron chi connectivity index (χ1n) is 18.0. The Morgan fingerprint density at radius 1 is 1.00 bits per heavy atom. The van der Waals surface area contributed by atoms with Gasteiger partial charge in [-0.2, -0.15) is 0 Å². The van der Waals surface area contributed by atoms with E-state index in [4.69, 9.17) is 29.0 Å². The van der Waals surface area contributed by atoms with E-state index in [1.807, 2.05) is 4.90 Å². The Balaban J connectivity index is 1.11. The minimum Gasteiger partial charge on any atom is -0.480 e. The highest BCUT2D eigenvalue weighted by Crippen LogP contribution is 2.36. The molecule has 3 fully saturated rings. The Bertz CT molecular complexity index is 2110. The Hall–Kier alpha value is -4.55. The van der Waals surface area contributed by atoms with Gasteiger partial charge in [0.25, 0.3) is 5.91 Å². The third-order valence-electron chi connectivity index (χ3n) is 9.85. The summed E-state index contributed by atoms with van der Waals surface area (Å²) in [4.78, 5) is 36.3. The molecular formula is C37H43F2N7O7S. The highest BCUT2D eigenvalue weighted by Gasteiger charge is 2.26.